The van der Waals surface area contributed by atoms with Crippen LogP contribution in [0.1, 0.15) is 52.9 Å². The normalized spacial score (nSPS) is 21.4. The molecule has 36 heavy (non-hydrogen) atoms. The molecule has 2 amide bonds. The molecule has 3 aliphatic rings. The van der Waals surface area contributed by atoms with Crippen LogP contribution in [0.4, 0.5) is 11.4 Å². The minimum absolute atomic E-state index is 0.128. The van der Waals surface area contributed by atoms with E-state index in [0.29, 0.717) is 52.8 Å². The van der Waals surface area contributed by atoms with Crippen LogP contribution in [0, 0.1) is 0 Å². The number of benzene rings is 3. The molecular formula is C28H24N2O6. The zero-order valence-corrected chi connectivity index (χ0v) is 19.8. The van der Waals surface area contributed by atoms with Crippen molar-refractivity contribution in [3.05, 3.63) is 82.9 Å². The highest BCUT2D eigenvalue weighted by Gasteiger charge is 2.46. The number of carbonyl (C=O) groups excluding carboxylic acids is 2. The molecule has 8 heteroatoms. The summed E-state index contributed by atoms with van der Waals surface area (Å²) in [6.45, 7) is 4.50. The van der Waals surface area contributed by atoms with E-state index >= 15 is 0 Å². The Labute approximate surface area is 207 Å². The number of fused-ring (bicyclic) bond motifs is 3. The molecule has 2 N–H and O–H groups in total. The van der Waals surface area contributed by atoms with Crippen molar-refractivity contribution in [1.82, 2.24) is 0 Å². The van der Waals surface area contributed by atoms with E-state index < -0.39 is 23.3 Å². The number of nitrogens with one attached hydrogen (secondary N) is 1. The number of carboxylic acids is 1. The van der Waals surface area contributed by atoms with Crippen molar-refractivity contribution in [3.63, 3.8) is 0 Å². The maximum Gasteiger partial charge on any atom is 0.313 e. The molecule has 3 aliphatic heterocycles. The summed E-state index contributed by atoms with van der Waals surface area (Å²) in [5.74, 6) is -1.43. The first-order valence-corrected chi connectivity index (χ1v) is 11.8. The Morgan fingerprint density at radius 1 is 1.00 bits per heavy atom. The topological polar surface area (TPSA) is 105 Å². The number of rotatable bonds is 3. The maximum atomic E-state index is 13.9. The molecule has 0 aromatic heterocycles. The first-order valence-electron chi connectivity index (χ1n) is 11.8. The first kappa shape index (κ1) is 22.2. The van der Waals surface area contributed by atoms with Gasteiger partial charge < -0.3 is 19.9 Å². The Kier molecular flexibility index (Phi) is 4.83. The third kappa shape index (κ3) is 3.17. The van der Waals surface area contributed by atoms with E-state index in [9.17, 15) is 19.5 Å². The summed E-state index contributed by atoms with van der Waals surface area (Å²) in [6, 6.07) is 16.6. The monoisotopic (exact) mass is 484 g/mol. The summed E-state index contributed by atoms with van der Waals surface area (Å²) in [7, 11) is 0. The van der Waals surface area contributed by atoms with Crippen molar-refractivity contribution in [3.8, 4) is 11.5 Å². The SMILES string of the molecule is CC1(C)C(=O)Nc2cc(N3C(=O)c4ccccc4[C@@H](C(=O)O)[C@@H]3c3ccc4c(c3)OCCO4)ccc21. The van der Waals surface area contributed by atoms with Crippen LogP contribution < -0.4 is 19.7 Å². The molecule has 0 saturated carbocycles. The summed E-state index contributed by atoms with van der Waals surface area (Å²) in [4.78, 5) is 40.7. The highest BCUT2D eigenvalue weighted by molar-refractivity contribution is 6.12. The van der Waals surface area contributed by atoms with Gasteiger partial charge in [0.25, 0.3) is 5.91 Å². The van der Waals surface area contributed by atoms with Gasteiger partial charge in [-0.1, -0.05) is 30.3 Å². The Hall–Kier alpha value is -4.33. The number of aliphatic carboxylic acids is 1. The molecule has 8 nitrogen and oxygen atoms in total. The molecule has 0 radical (unpaired) electrons. The maximum absolute atomic E-state index is 13.9. The first-order chi connectivity index (χ1) is 17.3. The van der Waals surface area contributed by atoms with Gasteiger partial charge in [0.15, 0.2) is 11.5 Å². The van der Waals surface area contributed by atoms with Crippen LogP contribution in [0.5, 0.6) is 11.5 Å². The van der Waals surface area contributed by atoms with Gasteiger partial charge in [-0.05, 0) is 60.9 Å². The van der Waals surface area contributed by atoms with Gasteiger partial charge in [0.2, 0.25) is 5.91 Å². The van der Waals surface area contributed by atoms with Gasteiger partial charge in [0.1, 0.15) is 19.1 Å². The molecular weight excluding hydrogens is 460 g/mol. The molecule has 0 fully saturated rings. The minimum atomic E-state index is -1.05. The number of amides is 2. The van der Waals surface area contributed by atoms with Gasteiger partial charge in [-0.25, -0.2) is 0 Å². The predicted molar refractivity (Wildman–Crippen MR) is 132 cm³/mol. The summed E-state index contributed by atoms with van der Waals surface area (Å²) in [5.41, 5.74) is 2.64. The van der Waals surface area contributed by atoms with Gasteiger partial charge in [-0.2, -0.15) is 0 Å². The number of carboxylic acid groups (broad SMARTS) is 1. The van der Waals surface area contributed by atoms with Crippen molar-refractivity contribution >= 4 is 29.2 Å². The van der Waals surface area contributed by atoms with E-state index in [-0.39, 0.29) is 11.8 Å². The summed E-state index contributed by atoms with van der Waals surface area (Å²) in [6.07, 6.45) is 0. The number of nitrogens with zero attached hydrogens (tertiary/aromatic N) is 1. The second-order valence-electron chi connectivity index (χ2n) is 9.74. The predicted octanol–water partition coefficient (Wildman–Crippen LogP) is 4.26. The van der Waals surface area contributed by atoms with Crippen LogP contribution >= 0.6 is 0 Å². The van der Waals surface area contributed by atoms with Crippen LogP contribution in [0.3, 0.4) is 0 Å². The lowest BCUT2D eigenvalue weighted by Gasteiger charge is -2.41. The fraction of sp³-hybridized carbons (Fsp3) is 0.250. The Bertz CT molecular complexity index is 1450. The van der Waals surface area contributed by atoms with Crippen molar-refractivity contribution in [2.45, 2.75) is 31.2 Å². The van der Waals surface area contributed by atoms with Crippen molar-refractivity contribution in [1.29, 1.82) is 0 Å². The zero-order chi connectivity index (χ0) is 25.2. The third-order valence-corrected chi connectivity index (χ3v) is 7.28. The quantitative estimate of drug-likeness (QED) is 0.576. The largest absolute Gasteiger partial charge is 0.486 e. The molecule has 0 aliphatic carbocycles. The van der Waals surface area contributed by atoms with Crippen molar-refractivity contribution in [2.75, 3.05) is 23.4 Å². The molecule has 0 spiro atoms. The van der Waals surface area contributed by atoms with Crippen LogP contribution in [0.15, 0.2) is 60.7 Å². The standard InChI is InChI=1S/C28H24N2O6/c1-28(2)19-9-8-16(14-20(19)29-27(28)34)30-24(15-7-10-21-22(13-15)36-12-11-35-21)23(26(32)33)17-5-3-4-6-18(17)25(30)31/h3-10,13-14,23-24H,11-12H2,1-2H3,(H,29,34)(H,32,33)/t23-,24+/m1/s1. The average molecular weight is 485 g/mol. The minimum Gasteiger partial charge on any atom is -0.486 e. The van der Waals surface area contributed by atoms with Gasteiger partial charge in [-0.3, -0.25) is 19.3 Å². The lowest BCUT2D eigenvalue weighted by molar-refractivity contribution is -0.139. The van der Waals surface area contributed by atoms with E-state index in [2.05, 4.69) is 5.32 Å². The van der Waals surface area contributed by atoms with Crippen LogP contribution in [-0.4, -0.2) is 36.1 Å². The van der Waals surface area contributed by atoms with Crippen LogP contribution in [0.25, 0.3) is 0 Å². The van der Waals surface area contributed by atoms with Gasteiger partial charge in [0, 0.05) is 16.9 Å². The van der Waals surface area contributed by atoms with Crippen LogP contribution in [0.2, 0.25) is 0 Å². The highest BCUT2D eigenvalue weighted by Crippen LogP contribution is 2.48. The molecule has 6 rings (SSSR count). The van der Waals surface area contributed by atoms with E-state index in [1.807, 2.05) is 19.9 Å². The number of hydrogen-bond acceptors (Lipinski definition) is 5. The molecule has 2 atom stereocenters. The number of carbonyl (C=O) groups is 3. The lowest BCUT2D eigenvalue weighted by Crippen LogP contribution is -2.45. The van der Waals surface area contributed by atoms with Gasteiger partial charge in [-0.15, -0.1) is 0 Å². The summed E-state index contributed by atoms with van der Waals surface area (Å²) in [5, 5.41) is 13.3. The van der Waals surface area contributed by atoms with Crippen LogP contribution in [-0.2, 0) is 15.0 Å². The summed E-state index contributed by atoms with van der Waals surface area (Å²) < 4.78 is 11.4. The molecule has 3 heterocycles. The Balaban J connectivity index is 1.56. The smallest absolute Gasteiger partial charge is 0.313 e. The highest BCUT2D eigenvalue weighted by atomic mass is 16.6. The fourth-order valence-corrected chi connectivity index (χ4v) is 5.40. The van der Waals surface area contributed by atoms with Crippen molar-refractivity contribution < 1.29 is 29.0 Å². The van der Waals surface area contributed by atoms with Crippen molar-refractivity contribution in [2.24, 2.45) is 0 Å². The molecule has 182 valence electrons. The fourth-order valence-electron chi connectivity index (χ4n) is 5.40. The third-order valence-electron chi connectivity index (χ3n) is 7.28. The number of ether oxygens (including phenoxy) is 2. The van der Waals surface area contributed by atoms with Gasteiger partial charge in [0.05, 0.1) is 11.5 Å². The second-order valence-corrected chi connectivity index (χ2v) is 9.74. The van der Waals surface area contributed by atoms with E-state index in [1.54, 1.807) is 54.6 Å². The Morgan fingerprint density at radius 2 is 1.75 bits per heavy atom. The second kappa shape index (κ2) is 7.84. The molecule has 3 aromatic carbocycles. The number of hydrogen-bond donors (Lipinski definition) is 2. The molecule has 0 unspecified atom stereocenters. The van der Waals surface area contributed by atoms with E-state index in [0.717, 1.165) is 5.56 Å². The number of anilines is 2. The molecule has 0 bridgehead atoms. The lowest BCUT2D eigenvalue weighted by atomic mass is 9.79. The summed E-state index contributed by atoms with van der Waals surface area (Å²) >= 11 is 0. The van der Waals surface area contributed by atoms with Gasteiger partial charge >= 0.3 is 5.97 Å². The Morgan fingerprint density at radius 3 is 2.53 bits per heavy atom. The van der Waals surface area contributed by atoms with E-state index in [4.69, 9.17) is 9.47 Å². The van der Waals surface area contributed by atoms with E-state index in [1.165, 1.54) is 4.90 Å². The zero-order valence-electron chi connectivity index (χ0n) is 19.8. The molecule has 0 saturated heterocycles. The average Bonchev–Trinajstić information content (AvgIpc) is 3.10. The molecule has 3 aromatic rings.